The standard InChI is InChI=1S/C24H33N3O3SSi/c1-24(2,3)32(5,6)27-14-13-18-7-12-22(15-23(18)27)31(29,30)25(4)20-16-26(17-20)19-8-10-21(28)11-9-19/h7-15,20,28H,16-17H2,1-6H3. The lowest BCUT2D eigenvalue weighted by atomic mass is 10.1. The fourth-order valence-electron chi connectivity index (χ4n) is 4.04. The van der Waals surface area contributed by atoms with Crippen molar-refractivity contribution in [2.45, 2.75) is 49.8 Å². The molecule has 0 atom stereocenters. The molecule has 1 aromatic heterocycles. The monoisotopic (exact) mass is 471 g/mol. The van der Waals surface area contributed by atoms with Gasteiger partial charge in [0, 0.05) is 31.3 Å². The Kier molecular flexibility index (Phi) is 5.46. The fraction of sp³-hybridized carbons (Fsp3) is 0.417. The molecule has 1 N–H and O–H groups in total. The number of benzene rings is 2. The minimum atomic E-state index is -3.61. The predicted octanol–water partition coefficient (Wildman–Crippen LogP) is 4.71. The van der Waals surface area contributed by atoms with Gasteiger partial charge in [-0.05, 0) is 59.1 Å². The van der Waals surface area contributed by atoms with Crippen molar-refractivity contribution >= 4 is 34.8 Å². The average Bonchev–Trinajstić information content (AvgIpc) is 3.11. The molecule has 0 saturated carbocycles. The van der Waals surface area contributed by atoms with Crippen LogP contribution in [0.2, 0.25) is 18.1 Å². The van der Waals surface area contributed by atoms with E-state index in [1.807, 2.05) is 24.3 Å². The number of anilines is 1. The summed E-state index contributed by atoms with van der Waals surface area (Å²) in [6.07, 6.45) is 2.11. The SMILES string of the molecule is CN(C1CN(c2ccc(O)cc2)C1)S(=O)(=O)c1ccc2ccn([Si](C)(C)C(C)(C)C)c2c1. The van der Waals surface area contributed by atoms with Gasteiger partial charge in [0.15, 0.2) is 8.24 Å². The lowest BCUT2D eigenvalue weighted by molar-refractivity contribution is 0.311. The number of likely N-dealkylation sites (N-methyl/N-ethyl adjacent to an activating group) is 1. The molecule has 0 radical (unpaired) electrons. The van der Waals surface area contributed by atoms with Crippen LogP contribution in [0.25, 0.3) is 10.9 Å². The summed E-state index contributed by atoms with van der Waals surface area (Å²) < 4.78 is 30.7. The van der Waals surface area contributed by atoms with Crippen LogP contribution in [-0.4, -0.2) is 56.5 Å². The van der Waals surface area contributed by atoms with Gasteiger partial charge in [-0.15, -0.1) is 0 Å². The first-order chi connectivity index (χ1) is 14.8. The van der Waals surface area contributed by atoms with Crippen molar-refractivity contribution in [2.75, 3.05) is 25.0 Å². The van der Waals surface area contributed by atoms with E-state index in [2.05, 4.69) is 55.3 Å². The van der Waals surface area contributed by atoms with Gasteiger partial charge in [0.2, 0.25) is 10.0 Å². The summed E-state index contributed by atoms with van der Waals surface area (Å²) in [5.74, 6) is 0.225. The third-order valence-electron chi connectivity index (χ3n) is 7.37. The Morgan fingerprint density at radius 1 is 1.03 bits per heavy atom. The molecule has 3 aromatic rings. The van der Waals surface area contributed by atoms with Crippen LogP contribution >= 0.6 is 0 Å². The zero-order chi connectivity index (χ0) is 23.5. The molecule has 32 heavy (non-hydrogen) atoms. The summed E-state index contributed by atoms with van der Waals surface area (Å²) in [6.45, 7) is 12.7. The molecule has 1 aliphatic heterocycles. The van der Waals surface area contributed by atoms with Gasteiger partial charge >= 0.3 is 0 Å². The lowest BCUT2D eigenvalue weighted by Crippen LogP contribution is -2.59. The molecule has 1 fully saturated rings. The number of rotatable bonds is 5. The second-order valence-corrected chi connectivity index (χ2v) is 17.4. The number of fused-ring (bicyclic) bond motifs is 1. The van der Waals surface area contributed by atoms with Crippen molar-refractivity contribution < 1.29 is 13.5 Å². The topological polar surface area (TPSA) is 65.8 Å². The minimum Gasteiger partial charge on any atom is -0.508 e. The third-order valence-corrected chi connectivity index (χ3v) is 14.5. The molecule has 6 nitrogen and oxygen atoms in total. The van der Waals surface area contributed by atoms with E-state index in [1.165, 1.54) is 4.31 Å². The highest BCUT2D eigenvalue weighted by Crippen LogP contribution is 2.39. The van der Waals surface area contributed by atoms with Crippen LogP contribution in [0.1, 0.15) is 20.8 Å². The molecule has 2 heterocycles. The molecule has 0 spiro atoms. The van der Waals surface area contributed by atoms with E-state index in [-0.39, 0.29) is 16.8 Å². The van der Waals surface area contributed by atoms with Crippen LogP contribution in [0.4, 0.5) is 5.69 Å². The van der Waals surface area contributed by atoms with Crippen molar-refractivity contribution in [2.24, 2.45) is 0 Å². The molecule has 0 unspecified atom stereocenters. The smallest absolute Gasteiger partial charge is 0.243 e. The fourth-order valence-corrected chi connectivity index (χ4v) is 7.36. The van der Waals surface area contributed by atoms with Crippen LogP contribution in [0.3, 0.4) is 0 Å². The van der Waals surface area contributed by atoms with E-state index in [1.54, 1.807) is 25.2 Å². The molecule has 0 amide bonds. The number of phenols is 1. The molecule has 4 rings (SSSR count). The number of aromatic nitrogens is 1. The maximum Gasteiger partial charge on any atom is 0.243 e. The first-order valence-corrected chi connectivity index (χ1v) is 15.3. The Balaban J connectivity index is 1.59. The summed E-state index contributed by atoms with van der Waals surface area (Å²) in [7, 11) is -3.82. The molecule has 1 aliphatic rings. The van der Waals surface area contributed by atoms with Gasteiger partial charge in [-0.2, -0.15) is 4.31 Å². The second-order valence-electron chi connectivity index (χ2n) is 10.3. The van der Waals surface area contributed by atoms with Gasteiger partial charge in [0.05, 0.1) is 10.9 Å². The Hall–Kier alpha value is -2.29. The van der Waals surface area contributed by atoms with Crippen LogP contribution in [0.5, 0.6) is 5.75 Å². The maximum atomic E-state index is 13.5. The molecule has 1 saturated heterocycles. The van der Waals surface area contributed by atoms with E-state index in [4.69, 9.17) is 0 Å². The largest absolute Gasteiger partial charge is 0.508 e. The van der Waals surface area contributed by atoms with Crippen molar-refractivity contribution in [1.29, 1.82) is 0 Å². The Morgan fingerprint density at radius 3 is 2.25 bits per heavy atom. The first-order valence-electron chi connectivity index (χ1n) is 11.0. The van der Waals surface area contributed by atoms with Crippen LogP contribution in [0.15, 0.2) is 59.6 Å². The van der Waals surface area contributed by atoms with E-state index in [0.717, 1.165) is 16.6 Å². The third kappa shape index (κ3) is 3.74. The van der Waals surface area contributed by atoms with Crippen molar-refractivity contribution in [3.05, 3.63) is 54.7 Å². The number of sulfonamides is 1. The number of aromatic hydroxyl groups is 1. The molecule has 0 aliphatic carbocycles. The highest BCUT2D eigenvalue weighted by molar-refractivity contribution is 7.89. The zero-order valence-electron chi connectivity index (χ0n) is 19.7. The average molecular weight is 472 g/mol. The number of hydrogen-bond donors (Lipinski definition) is 1. The second kappa shape index (κ2) is 7.64. The van der Waals surface area contributed by atoms with Gasteiger partial charge in [-0.1, -0.05) is 39.9 Å². The predicted molar refractivity (Wildman–Crippen MR) is 134 cm³/mol. The quantitative estimate of drug-likeness (QED) is 0.547. The summed E-state index contributed by atoms with van der Waals surface area (Å²) in [5.41, 5.74) is 1.98. The van der Waals surface area contributed by atoms with Crippen molar-refractivity contribution in [3.63, 3.8) is 0 Å². The van der Waals surface area contributed by atoms with E-state index in [0.29, 0.717) is 18.0 Å². The molecule has 0 bridgehead atoms. The number of nitrogens with zero attached hydrogens (tertiary/aromatic N) is 3. The Bertz CT molecular complexity index is 1240. The van der Waals surface area contributed by atoms with Gasteiger partial charge in [0.25, 0.3) is 0 Å². The molecule has 8 heteroatoms. The first kappa shape index (κ1) is 22.9. The van der Waals surface area contributed by atoms with Crippen molar-refractivity contribution in [1.82, 2.24) is 8.54 Å². The summed E-state index contributed by atoms with van der Waals surface area (Å²) in [6, 6.07) is 14.5. The Labute approximate surface area is 192 Å². The highest BCUT2D eigenvalue weighted by Gasteiger charge is 2.39. The Morgan fingerprint density at radius 2 is 1.66 bits per heavy atom. The van der Waals surface area contributed by atoms with Crippen LogP contribution < -0.4 is 4.90 Å². The molecule has 172 valence electrons. The minimum absolute atomic E-state index is 0.0864. The van der Waals surface area contributed by atoms with E-state index >= 15 is 0 Å². The van der Waals surface area contributed by atoms with Crippen molar-refractivity contribution in [3.8, 4) is 5.75 Å². The molecular weight excluding hydrogens is 438 g/mol. The highest BCUT2D eigenvalue weighted by atomic mass is 32.2. The van der Waals surface area contributed by atoms with Gasteiger partial charge < -0.3 is 14.2 Å². The molecular formula is C24H33N3O3SSi. The zero-order valence-corrected chi connectivity index (χ0v) is 21.5. The van der Waals surface area contributed by atoms with Crippen LogP contribution in [0, 0.1) is 0 Å². The van der Waals surface area contributed by atoms with Gasteiger partial charge in [-0.25, -0.2) is 8.42 Å². The van der Waals surface area contributed by atoms with Gasteiger partial charge in [0.1, 0.15) is 5.75 Å². The van der Waals surface area contributed by atoms with E-state index in [9.17, 15) is 13.5 Å². The summed E-state index contributed by atoms with van der Waals surface area (Å²) >= 11 is 0. The summed E-state index contributed by atoms with van der Waals surface area (Å²) in [5, 5.41) is 10.7. The van der Waals surface area contributed by atoms with Gasteiger partial charge in [-0.3, -0.25) is 0 Å². The normalized spacial score (nSPS) is 16.0. The maximum absolute atomic E-state index is 13.5. The lowest BCUT2D eigenvalue weighted by Gasteiger charge is -2.44. The summed E-state index contributed by atoms with van der Waals surface area (Å²) in [4.78, 5) is 2.45. The number of phenolic OH excluding ortho intramolecular Hbond substituents is 1. The van der Waals surface area contributed by atoms with Crippen LogP contribution in [-0.2, 0) is 10.0 Å². The van der Waals surface area contributed by atoms with E-state index < -0.39 is 18.3 Å². The number of hydrogen-bond acceptors (Lipinski definition) is 4. The molecule has 2 aromatic carbocycles.